The van der Waals surface area contributed by atoms with E-state index in [1.165, 1.54) is 38.8 Å². The Hall–Kier alpha value is -0.0800. The van der Waals surface area contributed by atoms with Gasteiger partial charge in [-0.1, -0.05) is 34.1 Å². The summed E-state index contributed by atoms with van der Waals surface area (Å²) in [5.41, 5.74) is 0. The van der Waals surface area contributed by atoms with E-state index in [0.29, 0.717) is 6.04 Å². The summed E-state index contributed by atoms with van der Waals surface area (Å²) < 4.78 is 0. The molecule has 2 fully saturated rings. The second kappa shape index (κ2) is 5.71. The van der Waals surface area contributed by atoms with Gasteiger partial charge in [-0.3, -0.25) is 4.90 Å². The molecule has 0 spiro atoms. The van der Waals surface area contributed by atoms with Crippen LogP contribution in [0.25, 0.3) is 0 Å². The molecule has 1 heterocycles. The molecule has 4 unspecified atom stereocenters. The Morgan fingerprint density at radius 2 is 2.00 bits per heavy atom. The maximum atomic E-state index is 3.69. The van der Waals surface area contributed by atoms with Crippen molar-refractivity contribution in [2.24, 2.45) is 11.8 Å². The van der Waals surface area contributed by atoms with Crippen LogP contribution in [-0.4, -0.2) is 36.1 Å². The van der Waals surface area contributed by atoms with Crippen LogP contribution in [0.2, 0.25) is 0 Å². The van der Waals surface area contributed by atoms with E-state index in [2.05, 4.69) is 37.9 Å². The van der Waals surface area contributed by atoms with Crippen LogP contribution in [-0.2, 0) is 0 Å². The summed E-state index contributed by atoms with van der Waals surface area (Å²) in [4.78, 5) is 2.76. The van der Waals surface area contributed by atoms with E-state index in [1.54, 1.807) is 0 Å². The summed E-state index contributed by atoms with van der Waals surface area (Å²) in [5.74, 6) is 1.90. The van der Waals surface area contributed by atoms with Gasteiger partial charge in [0.2, 0.25) is 0 Å². The summed E-state index contributed by atoms with van der Waals surface area (Å²) in [6, 6.07) is 2.24. The first kappa shape index (κ1) is 13.4. The summed E-state index contributed by atoms with van der Waals surface area (Å²) in [5, 5.41) is 3.69. The average Bonchev–Trinajstić information content (AvgIpc) is 2.84. The highest BCUT2D eigenvalue weighted by atomic mass is 15.2. The molecule has 0 aromatic rings. The number of hydrogen-bond acceptors (Lipinski definition) is 2. The third kappa shape index (κ3) is 3.03. The van der Waals surface area contributed by atoms with Gasteiger partial charge < -0.3 is 5.32 Å². The van der Waals surface area contributed by atoms with E-state index in [-0.39, 0.29) is 0 Å². The summed E-state index contributed by atoms with van der Waals surface area (Å²) in [6.07, 6.45) is 5.62. The Kier molecular flexibility index (Phi) is 4.48. The van der Waals surface area contributed by atoms with Crippen molar-refractivity contribution in [1.82, 2.24) is 10.2 Å². The largest absolute Gasteiger partial charge is 0.310 e. The minimum absolute atomic E-state index is 0.629. The van der Waals surface area contributed by atoms with Gasteiger partial charge in [0, 0.05) is 31.2 Å². The van der Waals surface area contributed by atoms with Crippen LogP contribution in [0, 0.1) is 11.8 Å². The first-order chi connectivity index (χ1) is 8.11. The van der Waals surface area contributed by atoms with Crippen molar-refractivity contribution in [2.45, 2.75) is 71.5 Å². The quantitative estimate of drug-likeness (QED) is 0.810. The van der Waals surface area contributed by atoms with Crippen molar-refractivity contribution < 1.29 is 0 Å². The SMILES string of the molecule is CCC1CCC(N2CCC(NC(C)C)C2)C1C. The summed E-state index contributed by atoms with van der Waals surface area (Å²) >= 11 is 0. The highest BCUT2D eigenvalue weighted by molar-refractivity contribution is 4.93. The molecular weight excluding hydrogens is 208 g/mol. The fourth-order valence-corrected chi connectivity index (χ4v) is 4.01. The van der Waals surface area contributed by atoms with Gasteiger partial charge in [0.25, 0.3) is 0 Å². The summed E-state index contributed by atoms with van der Waals surface area (Å²) in [7, 11) is 0. The standard InChI is InChI=1S/C15H30N2/c1-5-13-6-7-15(12(13)4)17-9-8-14(10-17)16-11(2)3/h11-16H,5-10H2,1-4H3. The lowest BCUT2D eigenvalue weighted by Gasteiger charge is -2.29. The number of hydrogen-bond donors (Lipinski definition) is 1. The number of nitrogens with one attached hydrogen (secondary N) is 1. The molecule has 2 rings (SSSR count). The molecule has 0 aromatic carbocycles. The lowest BCUT2D eigenvalue weighted by Crippen LogP contribution is -2.41. The highest BCUT2D eigenvalue weighted by Gasteiger charge is 2.38. The van der Waals surface area contributed by atoms with E-state index in [0.717, 1.165) is 23.9 Å². The fourth-order valence-electron chi connectivity index (χ4n) is 4.01. The molecule has 1 aliphatic carbocycles. The van der Waals surface area contributed by atoms with E-state index in [9.17, 15) is 0 Å². The lowest BCUT2D eigenvalue weighted by molar-refractivity contribution is 0.183. The normalized spacial score (nSPS) is 39.4. The monoisotopic (exact) mass is 238 g/mol. The number of nitrogens with zero attached hydrogens (tertiary/aromatic N) is 1. The Bertz CT molecular complexity index is 239. The second-order valence-corrected chi connectivity index (χ2v) is 6.47. The molecule has 0 amide bonds. The van der Waals surface area contributed by atoms with Gasteiger partial charge in [0.15, 0.2) is 0 Å². The van der Waals surface area contributed by atoms with Crippen molar-refractivity contribution in [3.63, 3.8) is 0 Å². The molecule has 2 aliphatic rings. The van der Waals surface area contributed by atoms with Crippen LogP contribution in [0.1, 0.15) is 53.4 Å². The molecular formula is C15H30N2. The molecule has 100 valence electrons. The maximum absolute atomic E-state index is 3.69. The van der Waals surface area contributed by atoms with Crippen molar-refractivity contribution in [3.05, 3.63) is 0 Å². The molecule has 0 aromatic heterocycles. The third-order valence-corrected chi connectivity index (χ3v) is 4.97. The molecule has 17 heavy (non-hydrogen) atoms. The molecule has 1 saturated carbocycles. The van der Waals surface area contributed by atoms with Crippen molar-refractivity contribution in [1.29, 1.82) is 0 Å². The van der Waals surface area contributed by atoms with Crippen LogP contribution in [0.3, 0.4) is 0 Å². The van der Waals surface area contributed by atoms with Crippen LogP contribution in [0.5, 0.6) is 0 Å². The van der Waals surface area contributed by atoms with Crippen LogP contribution >= 0.6 is 0 Å². The van der Waals surface area contributed by atoms with Crippen LogP contribution in [0.4, 0.5) is 0 Å². The van der Waals surface area contributed by atoms with Crippen molar-refractivity contribution in [2.75, 3.05) is 13.1 Å². The smallest absolute Gasteiger partial charge is 0.0209 e. The zero-order valence-electron chi connectivity index (χ0n) is 12.1. The molecule has 2 nitrogen and oxygen atoms in total. The van der Waals surface area contributed by atoms with Gasteiger partial charge in [0.1, 0.15) is 0 Å². The van der Waals surface area contributed by atoms with E-state index in [4.69, 9.17) is 0 Å². The first-order valence-corrected chi connectivity index (χ1v) is 7.62. The second-order valence-electron chi connectivity index (χ2n) is 6.47. The first-order valence-electron chi connectivity index (χ1n) is 7.62. The van der Waals surface area contributed by atoms with Gasteiger partial charge in [-0.05, 0) is 31.1 Å². The Labute approximate surface area is 107 Å². The molecule has 0 radical (unpaired) electrons. The average molecular weight is 238 g/mol. The third-order valence-electron chi connectivity index (χ3n) is 4.97. The minimum atomic E-state index is 0.629. The number of rotatable bonds is 4. The molecule has 4 atom stereocenters. The van der Waals surface area contributed by atoms with Crippen LogP contribution < -0.4 is 5.32 Å². The minimum Gasteiger partial charge on any atom is -0.310 e. The zero-order valence-corrected chi connectivity index (χ0v) is 12.1. The Morgan fingerprint density at radius 3 is 2.59 bits per heavy atom. The van der Waals surface area contributed by atoms with Gasteiger partial charge in [0.05, 0.1) is 0 Å². The predicted octanol–water partition coefficient (Wildman–Crippen LogP) is 2.88. The van der Waals surface area contributed by atoms with Crippen LogP contribution in [0.15, 0.2) is 0 Å². The highest BCUT2D eigenvalue weighted by Crippen LogP contribution is 2.38. The van der Waals surface area contributed by atoms with Crippen molar-refractivity contribution >= 4 is 0 Å². The van der Waals surface area contributed by atoms with E-state index in [1.807, 2.05) is 0 Å². The van der Waals surface area contributed by atoms with Gasteiger partial charge in [-0.15, -0.1) is 0 Å². The van der Waals surface area contributed by atoms with Crippen molar-refractivity contribution in [3.8, 4) is 0 Å². The van der Waals surface area contributed by atoms with Gasteiger partial charge in [-0.25, -0.2) is 0 Å². The van der Waals surface area contributed by atoms with E-state index < -0.39 is 0 Å². The Morgan fingerprint density at radius 1 is 1.24 bits per heavy atom. The Balaban J connectivity index is 1.84. The summed E-state index contributed by atoms with van der Waals surface area (Å²) in [6.45, 7) is 12.0. The lowest BCUT2D eigenvalue weighted by atomic mass is 9.93. The van der Waals surface area contributed by atoms with Gasteiger partial charge >= 0.3 is 0 Å². The topological polar surface area (TPSA) is 15.3 Å². The van der Waals surface area contributed by atoms with E-state index >= 15 is 0 Å². The van der Waals surface area contributed by atoms with Gasteiger partial charge in [-0.2, -0.15) is 0 Å². The molecule has 2 heteroatoms. The molecule has 1 saturated heterocycles. The zero-order chi connectivity index (χ0) is 12.4. The molecule has 0 bridgehead atoms. The number of likely N-dealkylation sites (tertiary alicyclic amines) is 1. The predicted molar refractivity (Wildman–Crippen MR) is 74.2 cm³/mol. The molecule has 1 aliphatic heterocycles. The fraction of sp³-hybridized carbons (Fsp3) is 1.00. The molecule has 1 N–H and O–H groups in total. The maximum Gasteiger partial charge on any atom is 0.0209 e.